The number of carbonyl (C=O) groups excluding carboxylic acids is 1. The third kappa shape index (κ3) is 9.46. The standard InChI is InChI=1S/C18H22F3N3O.C8H7BF3NO.C2H6/c1-3-9-17(10-4-2)16(25)23-15(24-17)12-7-8-13(18(19,20)21)22-14(12)11-5-6-11;1-5-2-6(9)3-13-7(5)14-4-8(10,11)12;1-2/h7-8,11H,3-6,9-10H2,1-2H3,(H,23,24,25);2-3H,4H2,1H3;1-2H3. The summed E-state index contributed by atoms with van der Waals surface area (Å²) in [7, 11) is 5.37. The van der Waals surface area contributed by atoms with Crippen molar-refractivity contribution in [3.8, 4) is 5.88 Å². The van der Waals surface area contributed by atoms with Gasteiger partial charge >= 0.3 is 12.4 Å². The second-order valence-electron chi connectivity index (χ2n) is 9.64. The smallest absolute Gasteiger partial charge is 0.433 e. The normalized spacial score (nSPS) is 16.1. The largest absolute Gasteiger partial charge is 0.468 e. The molecule has 3 heterocycles. The molecule has 41 heavy (non-hydrogen) atoms. The number of hydrogen-bond donors (Lipinski definition) is 1. The highest BCUT2D eigenvalue weighted by atomic mass is 19.4. The van der Waals surface area contributed by atoms with Gasteiger partial charge in [-0.1, -0.05) is 52.1 Å². The molecule has 2 radical (unpaired) electrons. The van der Waals surface area contributed by atoms with E-state index in [1.807, 2.05) is 27.7 Å². The number of ether oxygens (including phenoxy) is 1. The van der Waals surface area contributed by atoms with Gasteiger partial charge in [-0.3, -0.25) is 9.79 Å². The number of pyridine rings is 2. The molecule has 1 aliphatic carbocycles. The molecule has 1 N–H and O–H groups in total. The Morgan fingerprint density at radius 1 is 1.07 bits per heavy atom. The van der Waals surface area contributed by atoms with Crippen LogP contribution >= 0.6 is 0 Å². The number of aromatic nitrogens is 2. The number of hydrogen-bond acceptors (Lipinski definition) is 5. The lowest BCUT2D eigenvalue weighted by Gasteiger charge is -2.21. The average molecular weight is 584 g/mol. The number of nitrogens with one attached hydrogen (secondary N) is 1. The van der Waals surface area contributed by atoms with Crippen molar-refractivity contribution in [3.63, 3.8) is 0 Å². The molecule has 0 aromatic carbocycles. The predicted molar refractivity (Wildman–Crippen MR) is 146 cm³/mol. The fourth-order valence-corrected chi connectivity index (χ4v) is 4.32. The van der Waals surface area contributed by atoms with Crippen molar-refractivity contribution in [2.24, 2.45) is 4.99 Å². The number of halogens is 6. The lowest BCUT2D eigenvalue weighted by atomic mass is 9.89. The first kappa shape index (κ1) is 34.1. The van der Waals surface area contributed by atoms with Crippen LogP contribution in [0.4, 0.5) is 26.3 Å². The summed E-state index contributed by atoms with van der Waals surface area (Å²) in [5.74, 6) is 0.184. The van der Waals surface area contributed by atoms with Crippen molar-refractivity contribution in [1.82, 2.24) is 15.3 Å². The molecule has 0 atom stereocenters. The van der Waals surface area contributed by atoms with E-state index in [0.29, 0.717) is 41.0 Å². The highest BCUT2D eigenvalue weighted by Gasteiger charge is 2.44. The van der Waals surface area contributed by atoms with E-state index in [4.69, 9.17) is 7.85 Å². The average Bonchev–Trinajstić information content (AvgIpc) is 3.69. The zero-order valence-electron chi connectivity index (χ0n) is 23.8. The van der Waals surface area contributed by atoms with E-state index < -0.39 is 30.2 Å². The van der Waals surface area contributed by atoms with E-state index in [1.165, 1.54) is 18.3 Å². The molecule has 1 fully saturated rings. The second-order valence-corrected chi connectivity index (χ2v) is 9.64. The summed E-state index contributed by atoms with van der Waals surface area (Å²) in [6.45, 7) is 8.22. The van der Waals surface area contributed by atoms with E-state index in [-0.39, 0.29) is 17.7 Å². The summed E-state index contributed by atoms with van der Waals surface area (Å²) < 4.78 is 78.7. The third-order valence-corrected chi connectivity index (χ3v) is 6.17. The number of rotatable bonds is 8. The molecular weight excluding hydrogens is 549 g/mol. The molecule has 1 aliphatic heterocycles. The molecule has 2 aliphatic rings. The number of amidine groups is 1. The number of aliphatic imine (C=N–C) groups is 1. The van der Waals surface area contributed by atoms with Gasteiger partial charge in [0.05, 0.1) is 5.69 Å². The fraction of sp³-hybridized carbons (Fsp3) is 0.571. The maximum absolute atomic E-state index is 13.0. The van der Waals surface area contributed by atoms with Gasteiger partial charge in [-0.15, -0.1) is 0 Å². The molecule has 0 unspecified atom stereocenters. The van der Waals surface area contributed by atoms with Crippen LogP contribution in [-0.4, -0.2) is 47.9 Å². The number of carbonyl (C=O) groups is 1. The first-order valence-electron chi connectivity index (χ1n) is 13.6. The van der Waals surface area contributed by atoms with E-state index in [0.717, 1.165) is 31.7 Å². The van der Waals surface area contributed by atoms with Gasteiger partial charge < -0.3 is 10.1 Å². The van der Waals surface area contributed by atoms with E-state index in [9.17, 15) is 31.1 Å². The second kappa shape index (κ2) is 14.2. The minimum Gasteiger partial charge on any atom is -0.468 e. The van der Waals surface area contributed by atoms with E-state index >= 15 is 0 Å². The molecule has 2 aromatic rings. The molecule has 2 aromatic heterocycles. The zero-order chi connectivity index (χ0) is 31.0. The van der Waals surface area contributed by atoms with Crippen LogP contribution in [0.3, 0.4) is 0 Å². The lowest BCUT2D eigenvalue weighted by molar-refractivity contribution is -0.154. The molecule has 224 valence electrons. The maximum Gasteiger partial charge on any atom is 0.433 e. The van der Waals surface area contributed by atoms with Crippen LogP contribution in [0.25, 0.3) is 0 Å². The number of nitrogens with zero attached hydrogens (tertiary/aromatic N) is 3. The Kier molecular flexibility index (Phi) is 11.8. The first-order valence-corrected chi connectivity index (χ1v) is 13.6. The van der Waals surface area contributed by atoms with Gasteiger partial charge in [0.1, 0.15) is 24.9 Å². The van der Waals surface area contributed by atoms with Crippen LogP contribution in [0, 0.1) is 6.92 Å². The van der Waals surface area contributed by atoms with Crippen molar-refractivity contribution in [2.45, 2.75) is 97.0 Å². The van der Waals surface area contributed by atoms with Crippen LogP contribution in [0.5, 0.6) is 5.88 Å². The van der Waals surface area contributed by atoms with Gasteiger partial charge in [0.2, 0.25) is 5.88 Å². The van der Waals surface area contributed by atoms with Crippen LogP contribution < -0.4 is 15.5 Å². The van der Waals surface area contributed by atoms with Crippen molar-refractivity contribution in [3.05, 3.63) is 46.9 Å². The molecule has 1 saturated carbocycles. The van der Waals surface area contributed by atoms with Crippen molar-refractivity contribution >= 4 is 25.1 Å². The minimum atomic E-state index is -4.48. The van der Waals surface area contributed by atoms with Crippen molar-refractivity contribution in [1.29, 1.82) is 0 Å². The van der Waals surface area contributed by atoms with Crippen LogP contribution in [0.2, 0.25) is 0 Å². The van der Waals surface area contributed by atoms with Crippen LogP contribution in [0.1, 0.15) is 94.7 Å². The van der Waals surface area contributed by atoms with E-state index in [1.54, 1.807) is 6.92 Å². The third-order valence-electron chi connectivity index (χ3n) is 6.17. The van der Waals surface area contributed by atoms with Gasteiger partial charge in [-0.2, -0.15) is 26.3 Å². The van der Waals surface area contributed by atoms with Gasteiger partial charge in [0.15, 0.2) is 6.61 Å². The topological polar surface area (TPSA) is 76.5 Å². The first-order chi connectivity index (χ1) is 19.2. The Morgan fingerprint density at radius 3 is 2.17 bits per heavy atom. The fourth-order valence-electron chi connectivity index (χ4n) is 4.32. The Bertz CT molecular complexity index is 1210. The van der Waals surface area contributed by atoms with Gasteiger partial charge in [0, 0.05) is 23.2 Å². The molecule has 1 amide bonds. The molecule has 0 bridgehead atoms. The predicted octanol–water partition coefficient (Wildman–Crippen LogP) is 6.34. The summed E-state index contributed by atoms with van der Waals surface area (Å²) in [4.78, 5) is 24.7. The Balaban J connectivity index is 0.000000312. The molecule has 0 spiro atoms. The van der Waals surface area contributed by atoms with Crippen molar-refractivity contribution in [2.75, 3.05) is 6.61 Å². The highest BCUT2D eigenvalue weighted by molar-refractivity contribution is 6.32. The summed E-state index contributed by atoms with van der Waals surface area (Å²) in [6.07, 6.45) is -3.07. The maximum atomic E-state index is 13.0. The Morgan fingerprint density at radius 2 is 1.68 bits per heavy atom. The van der Waals surface area contributed by atoms with Gasteiger partial charge in [-0.05, 0) is 44.7 Å². The molecule has 13 heteroatoms. The lowest BCUT2D eigenvalue weighted by Crippen LogP contribution is -2.39. The van der Waals surface area contributed by atoms with Crippen LogP contribution in [0.15, 0.2) is 29.4 Å². The summed E-state index contributed by atoms with van der Waals surface area (Å²) in [5.41, 5.74) is 0.102. The molecule has 6 nitrogen and oxygen atoms in total. The Labute approximate surface area is 237 Å². The van der Waals surface area contributed by atoms with Crippen molar-refractivity contribution < 1.29 is 35.9 Å². The molecule has 4 rings (SSSR count). The van der Waals surface area contributed by atoms with E-state index in [2.05, 4.69) is 25.0 Å². The molecular formula is C28H35BF6N4O2. The Hall–Kier alpha value is -3.12. The highest BCUT2D eigenvalue weighted by Crippen LogP contribution is 2.43. The zero-order valence-corrected chi connectivity index (χ0v) is 23.8. The quantitative estimate of drug-likeness (QED) is 0.290. The van der Waals surface area contributed by atoms with Gasteiger partial charge in [0.25, 0.3) is 5.91 Å². The number of aryl methyl sites for hydroxylation is 1. The molecule has 0 saturated heterocycles. The summed E-state index contributed by atoms with van der Waals surface area (Å²) in [6, 6.07) is 3.87. The monoisotopic (exact) mass is 584 g/mol. The SMILES string of the molecule is CC.CCCC1(CCC)N=C(c2ccc(C(F)(F)F)nc2C2CC2)NC1=O.[B]c1cnc(OCC(F)(F)F)c(C)c1. The summed E-state index contributed by atoms with van der Waals surface area (Å²) >= 11 is 0. The van der Waals surface area contributed by atoms with Gasteiger partial charge in [-0.25, -0.2) is 9.97 Å². The summed E-state index contributed by atoms with van der Waals surface area (Å²) in [5, 5.41) is 2.80. The van der Waals surface area contributed by atoms with Crippen LogP contribution in [-0.2, 0) is 11.0 Å². The number of amides is 1. The number of alkyl halides is 6. The minimum absolute atomic E-state index is 0.0178.